The van der Waals surface area contributed by atoms with Gasteiger partial charge in [0.2, 0.25) is 5.91 Å². The van der Waals surface area contributed by atoms with E-state index in [2.05, 4.69) is 10.1 Å². The quantitative estimate of drug-likeness (QED) is 0.659. The maximum absolute atomic E-state index is 13.1. The van der Waals surface area contributed by atoms with Gasteiger partial charge in [-0.05, 0) is 44.4 Å². The van der Waals surface area contributed by atoms with Crippen molar-refractivity contribution in [3.05, 3.63) is 59.3 Å². The average molecular weight is 392 g/mol. The maximum atomic E-state index is 13.1. The number of likely N-dealkylation sites (tertiary alicyclic amines) is 1. The van der Waals surface area contributed by atoms with Crippen LogP contribution in [0.3, 0.4) is 0 Å². The molecule has 150 valence electrons. The van der Waals surface area contributed by atoms with Gasteiger partial charge in [-0.1, -0.05) is 17.3 Å². The largest absolute Gasteiger partial charge is 0.497 e. The molecule has 0 N–H and O–H groups in total. The number of carbonyl (C=O) groups excluding carboxylic acids is 1. The van der Waals surface area contributed by atoms with Gasteiger partial charge in [-0.3, -0.25) is 4.79 Å². The molecule has 1 atom stereocenters. The molecule has 1 aromatic carbocycles. The normalized spacial score (nSPS) is 16.2. The highest BCUT2D eigenvalue weighted by Crippen LogP contribution is 2.37. The third kappa shape index (κ3) is 3.99. The summed E-state index contributed by atoms with van der Waals surface area (Å²) < 4.78 is 10.7. The molecule has 0 radical (unpaired) electrons. The summed E-state index contributed by atoms with van der Waals surface area (Å²) in [6, 6.07) is 9.39. The van der Waals surface area contributed by atoms with E-state index in [0.717, 1.165) is 47.7 Å². The molecule has 1 unspecified atom stereocenters. The van der Waals surface area contributed by atoms with Gasteiger partial charge in [0.05, 0.1) is 36.5 Å². The van der Waals surface area contributed by atoms with Crippen molar-refractivity contribution in [2.45, 2.75) is 39.2 Å². The van der Waals surface area contributed by atoms with E-state index >= 15 is 0 Å². The first kappa shape index (κ1) is 19.1. The van der Waals surface area contributed by atoms with E-state index < -0.39 is 0 Å². The van der Waals surface area contributed by atoms with Crippen LogP contribution in [0.5, 0.6) is 5.75 Å². The van der Waals surface area contributed by atoms with E-state index in [9.17, 15) is 4.79 Å². The molecular formula is C22H24N4O3. The van der Waals surface area contributed by atoms with Crippen molar-refractivity contribution >= 4 is 5.91 Å². The Morgan fingerprint density at radius 3 is 2.76 bits per heavy atom. The number of hydrogen-bond acceptors (Lipinski definition) is 6. The topological polar surface area (TPSA) is 81.4 Å². The lowest BCUT2D eigenvalue weighted by atomic mass is 10.0. The van der Waals surface area contributed by atoms with Crippen LogP contribution < -0.4 is 4.74 Å². The van der Waals surface area contributed by atoms with E-state index in [1.165, 1.54) is 0 Å². The highest BCUT2D eigenvalue weighted by Gasteiger charge is 2.33. The molecule has 0 bridgehead atoms. The first-order valence-corrected chi connectivity index (χ1v) is 9.75. The minimum absolute atomic E-state index is 0.0913. The third-order valence-corrected chi connectivity index (χ3v) is 5.24. The molecule has 3 aromatic rings. The SMILES string of the molecule is COc1ccc(CC(=O)N2CCCC2c2nc(C)ncc2-c2cc(C)no2)cc1. The fourth-order valence-corrected chi connectivity index (χ4v) is 3.79. The highest BCUT2D eigenvalue weighted by atomic mass is 16.5. The van der Waals surface area contributed by atoms with Crippen molar-refractivity contribution in [2.24, 2.45) is 0 Å². The molecule has 0 spiro atoms. The second-order valence-corrected chi connectivity index (χ2v) is 7.32. The van der Waals surface area contributed by atoms with E-state index in [1.54, 1.807) is 13.3 Å². The number of aromatic nitrogens is 3. The van der Waals surface area contributed by atoms with Crippen LogP contribution in [0.25, 0.3) is 11.3 Å². The van der Waals surface area contributed by atoms with Crippen LogP contribution in [0.2, 0.25) is 0 Å². The van der Waals surface area contributed by atoms with Crippen LogP contribution >= 0.6 is 0 Å². The molecule has 3 heterocycles. The van der Waals surface area contributed by atoms with E-state index in [4.69, 9.17) is 14.2 Å². The lowest BCUT2D eigenvalue weighted by molar-refractivity contribution is -0.131. The van der Waals surface area contributed by atoms with E-state index in [0.29, 0.717) is 18.0 Å². The average Bonchev–Trinajstić information content (AvgIpc) is 3.37. The predicted octanol–water partition coefficient (Wildman–Crippen LogP) is 3.66. The minimum Gasteiger partial charge on any atom is -0.497 e. The number of methoxy groups -OCH3 is 1. The van der Waals surface area contributed by atoms with Gasteiger partial charge in [-0.15, -0.1) is 0 Å². The van der Waals surface area contributed by atoms with Gasteiger partial charge < -0.3 is 14.2 Å². The van der Waals surface area contributed by atoms with Gasteiger partial charge in [0.25, 0.3) is 0 Å². The van der Waals surface area contributed by atoms with Crippen molar-refractivity contribution in [1.29, 1.82) is 0 Å². The van der Waals surface area contributed by atoms with E-state index in [-0.39, 0.29) is 11.9 Å². The molecule has 29 heavy (non-hydrogen) atoms. The molecule has 7 nitrogen and oxygen atoms in total. The lowest BCUT2D eigenvalue weighted by Gasteiger charge is -2.26. The van der Waals surface area contributed by atoms with E-state index in [1.807, 2.05) is 49.1 Å². The van der Waals surface area contributed by atoms with Crippen molar-refractivity contribution in [1.82, 2.24) is 20.0 Å². The summed E-state index contributed by atoms with van der Waals surface area (Å²) in [7, 11) is 1.63. The summed E-state index contributed by atoms with van der Waals surface area (Å²) in [5.74, 6) is 2.18. The molecule has 1 fully saturated rings. The van der Waals surface area contributed by atoms with Crippen LogP contribution in [0.4, 0.5) is 0 Å². The van der Waals surface area contributed by atoms with Gasteiger partial charge in [-0.25, -0.2) is 9.97 Å². The zero-order chi connectivity index (χ0) is 20.4. The van der Waals surface area contributed by atoms with Crippen molar-refractivity contribution in [2.75, 3.05) is 13.7 Å². The van der Waals surface area contributed by atoms with Gasteiger partial charge in [0.1, 0.15) is 11.6 Å². The van der Waals surface area contributed by atoms with Gasteiger partial charge in [0.15, 0.2) is 5.76 Å². The monoisotopic (exact) mass is 392 g/mol. The Balaban J connectivity index is 1.61. The summed E-state index contributed by atoms with van der Waals surface area (Å²) in [5.41, 5.74) is 3.39. The zero-order valence-corrected chi connectivity index (χ0v) is 16.9. The summed E-state index contributed by atoms with van der Waals surface area (Å²) in [6.07, 6.45) is 3.92. The lowest BCUT2D eigenvalue weighted by Crippen LogP contribution is -2.32. The molecule has 0 saturated carbocycles. The number of ether oxygens (including phenoxy) is 1. The first-order valence-electron chi connectivity index (χ1n) is 9.75. The van der Waals surface area contributed by atoms with Crippen molar-refractivity contribution in [3.8, 4) is 17.1 Å². The third-order valence-electron chi connectivity index (χ3n) is 5.24. The number of hydrogen-bond donors (Lipinski definition) is 0. The Labute approximate surface area is 169 Å². The molecule has 4 rings (SSSR count). The smallest absolute Gasteiger partial charge is 0.227 e. The summed E-state index contributed by atoms with van der Waals surface area (Å²) in [4.78, 5) is 24.1. The molecule has 1 amide bonds. The number of benzene rings is 1. The number of amides is 1. The molecule has 1 saturated heterocycles. The number of nitrogens with zero attached hydrogens (tertiary/aromatic N) is 4. The van der Waals surface area contributed by atoms with Crippen LogP contribution in [0.15, 0.2) is 41.1 Å². The Morgan fingerprint density at radius 2 is 2.07 bits per heavy atom. The fourth-order valence-electron chi connectivity index (χ4n) is 3.79. The predicted molar refractivity (Wildman–Crippen MR) is 107 cm³/mol. The second-order valence-electron chi connectivity index (χ2n) is 7.32. The van der Waals surface area contributed by atoms with Gasteiger partial charge >= 0.3 is 0 Å². The van der Waals surface area contributed by atoms with Crippen LogP contribution in [-0.2, 0) is 11.2 Å². The molecule has 7 heteroatoms. The van der Waals surface area contributed by atoms with Crippen LogP contribution in [-0.4, -0.2) is 39.6 Å². The number of rotatable bonds is 5. The summed E-state index contributed by atoms with van der Waals surface area (Å²) in [5, 5.41) is 3.99. The molecule has 1 aliphatic rings. The van der Waals surface area contributed by atoms with Crippen molar-refractivity contribution in [3.63, 3.8) is 0 Å². The van der Waals surface area contributed by atoms with Gasteiger partial charge in [0, 0.05) is 18.8 Å². The molecule has 2 aromatic heterocycles. The minimum atomic E-state index is -0.0946. The Kier molecular flexibility index (Phi) is 5.29. The fraction of sp³-hybridized carbons (Fsp3) is 0.364. The Hall–Kier alpha value is -3.22. The number of carbonyl (C=O) groups is 1. The zero-order valence-electron chi connectivity index (χ0n) is 16.9. The van der Waals surface area contributed by atoms with Gasteiger partial charge in [-0.2, -0.15) is 0 Å². The Bertz CT molecular complexity index is 1010. The first-order chi connectivity index (χ1) is 14.0. The number of aryl methyl sites for hydroxylation is 2. The summed E-state index contributed by atoms with van der Waals surface area (Å²) >= 11 is 0. The van der Waals surface area contributed by atoms with Crippen LogP contribution in [0.1, 0.15) is 41.7 Å². The highest BCUT2D eigenvalue weighted by molar-refractivity contribution is 5.80. The maximum Gasteiger partial charge on any atom is 0.227 e. The standard InChI is InChI=1S/C22H24N4O3/c1-14-11-20(29-25-14)18-13-23-15(2)24-22(18)19-5-4-10-26(19)21(27)12-16-6-8-17(28-3)9-7-16/h6-9,11,13,19H,4-5,10,12H2,1-3H3. The molecular weight excluding hydrogens is 368 g/mol. The summed E-state index contributed by atoms with van der Waals surface area (Å²) in [6.45, 7) is 4.46. The molecule has 0 aliphatic carbocycles. The molecule has 1 aliphatic heterocycles. The van der Waals surface area contributed by atoms with Crippen molar-refractivity contribution < 1.29 is 14.1 Å². The Morgan fingerprint density at radius 1 is 1.28 bits per heavy atom. The van der Waals surface area contributed by atoms with Crippen LogP contribution in [0, 0.1) is 13.8 Å². The second kappa shape index (κ2) is 8.03.